The van der Waals surface area contributed by atoms with E-state index >= 15 is 0 Å². The Balaban J connectivity index is 1.76. The number of para-hydroxylation sites is 1. The van der Waals surface area contributed by atoms with Gasteiger partial charge >= 0.3 is 0 Å². The second kappa shape index (κ2) is 5.40. The molecule has 0 saturated heterocycles. The fraction of sp³-hybridized carbons (Fsp3) is 0.0714. The van der Waals surface area contributed by atoms with Crippen LogP contribution in [0, 0.1) is 0 Å². The normalized spacial score (nSPS) is 10.4. The van der Waals surface area contributed by atoms with E-state index < -0.39 is 0 Å². The molecule has 6 heteroatoms. The molecule has 2 aromatic carbocycles. The van der Waals surface area contributed by atoms with E-state index in [1.54, 1.807) is 16.8 Å². The minimum atomic E-state index is 0.253. The lowest BCUT2D eigenvalue weighted by Gasteiger charge is -2.07. The van der Waals surface area contributed by atoms with Gasteiger partial charge in [-0.05, 0) is 40.3 Å². The minimum absolute atomic E-state index is 0.253. The van der Waals surface area contributed by atoms with Crippen molar-refractivity contribution in [2.75, 3.05) is 5.32 Å². The lowest BCUT2D eigenvalue weighted by atomic mass is 10.2. The molecule has 0 aliphatic heterocycles. The van der Waals surface area contributed by atoms with E-state index in [-0.39, 0.29) is 5.75 Å². The van der Waals surface area contributed by atoms with E-state index in [1.807, 2.05) is 42.5 Å². The number of phenols is 1. The van der Waals surface area contributed by atoms with Crippen LogP contribution in [0.5, 0.6) is 5.75 Å². The SMILES string of the molecule is Oc1ccc(CNc2nnnn2-c2ccccc2)cc1. The van der Waals surface area contributed by atoms with Crippen LogP contribution in [0.3, 0.4) is 0 Å². The Hall–Kier alpha value is -2.89. The molecule has 1 heterocycles. The zero-order chi connectivity index (χ0) is 13.8. The molecule has 0 aliphatic carbocycles. The molecule has 6 nitrogen and oxygen atoms in total. The predicted octanol–water partition coefficient (Wildman–Crippen LogP) is 1.98. The minimum Gasteiger partial charge on any atom is -0.508 e. The highest BCUT2D eigenvalue weighted by Crippen LogP contribution is 2.13. The Kier molecular flexibility index (Phi) is 3.28. The Morgan fingerprint density at radius 3 is 2.50 bits per heavy atom. The van der Waals surface area contributed by atoms with Gasteiger partial charge in [0.25, 0.3) is 0 Å². The first-order valence-corrected chi connectivity index (χ1v) is 6.18. The Morgan fingerprint density at radius 2 is 1.75 bits per heavy atom. The first kappa shape index (κ1) is 12.2. The van der Waals surface area contributed by atoms with E-state index in [0.29, 0.717) is 12.5 Å². The smallest absolute Gasteiger partial charge is 0.248 e. The van der Waals surface area contributed by atoms with Crippen LogP contribution in [-0.4, -0.2) is 25.3 Å². The van der Waals surface area contributed by atoms with Gasteiger partial charge in [-0.3, -0.25) is 0 Å². The van der Waals surface area contributed by atoms with Crippen LogP contribution >= 0.6 is 0 Å². The number of nitrogens with one attached hydrogen (secondary N) is 1. The number of phenolic OH excluding ortho intramolecular Hbond substituents is 1. The van der Waals surface area contributed by atoms with Gasteiger partial charge in [0.1, 0.15) is 5.75 Å². The molecule has 1 aromatic heterocycles. The number of aromatic nitrogens is 4. The Labute approximate surface area is 115 Å². The lowest BCUT2D eigenvalue weighted by Crippen LogP contribution is -2.07. The fourth-order valence-electron chi connectivity index (χ4n) is 1.84. The molecule has 3 aromatic rings. The van der Waals surface area contributed by atoms with Crippen LogP contribution < -0.4 is 5.32 Å². The maximum absolute atomic E-state index is 9.24. The molecule has 0 radical (unpaired) electrons. The quantitative estimate of drug-likeness (QED) is 0.756. The van der Waals surface area contributed by atoms with Gasteiger partial charge in [0.2, 0.25) is 5.95 Å². The van der Waals surface area contributed by atoms with Gasteiger partial charge in [0, 0.05) is 6.54 Å². The summed E-state index contributed by atoms with van der Waals surface area (Å²) in [5, 5.41) is 24.0. The standard InChI is InChI=1S/C14H13N5O/c20-13-8-6-11(7-9-13)10-15-14-16-17-18-19(14)12-4-2-1-3-5-12/h1-9,20H,10H2,(H,15,16,18). The number of anilines is 1. The summed E-state index contributed by atoms with van der Waals surface area (Å²) in [5.74, 6) is 0.826. The monoisotopic (exact) mass is 267 g/mol. The van der Waals surface area contributed by atoms with Crippen molar-refractivity contribution in [3.8, 4) is 11.4 Å². The Bertz CT molecular complexity index is 678. The zero-order valence-electron chi connectivity index (χ0n) is 10.6. The highest BCUT2D eigenvalue weighted by molar-refractivity contribution is 5.39. The summed E-state index contributed by atoms with van der Waals surface area (Å²) in [6.45, 7) is 0.577. The lowest BCUT2D eigenvalue weighted by molar-refractivity contribution is 0.475. The molecule has 0 saturated carbocycles. The number of nitrogens with zero attached hydrogens (tertiary/aromatic N) is 4. The largest absolute Gasteiger partial charge is 0.508 e. The van der Waals surface area contributed by atoms with E-state index in [9.17, 15) is 5.11 Å². The summed E-state index contributed by atoms with van der Waals surface area (Å²) in [6, 6.07) is 16.7. The molecule has 20 heavy (non-hydrogen) atoms. The van der Waals surface area contributed by atoms with Crippen molar-refractivity contribution in [2.45, 2.75) is 6.54 Å². The predicted molar refractivity (Wildman–Crippen MR) is 74.6 cm³/mol. The molecular formula is C14H13N5O. The molecule has 0 atom stereocenters. The van der Waals surface area contributed by atoms with E-state index in [0.717, 1.165) is 11.3 Å². The second-order valence-electron chi connectivity index (χ2n) is 4.27. The molecule has 0 aliphatic rings. The van der Waals surface area contributed by atoms with Crippen molar-refractivity contribution in [3.05, 3.63) is 60.2 Å². The second-order valence-corrected chi connectivity index (χ2v) is 4.27. The molecule has 0 spiro atoms. The summed E-state index contributed by atoms with van der Waals surface area (Å²) in [6.07, 6.45) is 0. The highest BCUT2D eigenvalue weighted by Gasteiger charge is 2.07. The summed E-state index contributed by atoms with van der Waals surface area (Å²) in [5.41, 5.74) is 1.93. The van der Waals surface area contributed by atoms with Crippen molar-refractivity contribution in [1.29, 1.82) is 0 Å². The number of hydrogen-bond donors (Lipinski definition) is 2. The van der Waals surface area contributed by atoms with Crippen molar-refractivity contribution in [1.82, 2.24) is 20.2 Å². The number of tetrazole rings is 1. The number of rotatable bonds is 4. The maximum atomic E-state index is 9.24. The molecule has 2 N–H and O–H groups in total. The van der Waals surface area contributed by atoms with E-state index in [4.69, 9.17) is 0 Å². The third kappa shape index (κ3) is 2.59. The van der Waals surface area contributed by atoms with E-state index in [2.05, 4.69) is 20.8 Å². The zero-order valence-corrected chi connectivity index (χ0v) is 10.6. The first-order chi connectivity index (χ1) is 9.83. The highest BCUT2D eigenvalue weighted by atomic mass is 16.3. The van der Waals surface area contributed by atoms with Gasteiger partial charge in [-0.15, -0.1) is 0 Å². The number of hydrogen-bond acceptors (Lipinski definition) is 5. The average Bonchev–Trinajstić information content (AvgIpc) is 2.96. The van der Waals surface area contributed by atoms with Crippen LogP contribution in [0.25, 0.3) is 5.69 Å². The van der Waals surface area contributed by atoms with Gasteiger partial charge in [0.15, 0.2) is 0 Å². The van der Waals surface area contributed by atoms with Crippen LogP contribution in [0.4, 0.5) is 5.95 Å². The molecule has 0 amide bonds. The van der Waals surface area contributed by atoms with Gasteiger partial charge in [0.05, 0.1) is 5.69 Å². The molecule has 100 valence electrons. The van der Waals surface area contributed by atoms with Gasteiger partial charge in [-0.25, -0.2) is 0 Å². The first-order valence-electron chi connectivity index (χ1n) is 6.18. The van der Waals surface area contributed by atoms with Crippen LogP contribution in [0.2, 0.25) is 0 Å². The van der Waals surface area contributed by atoms with E-state index in [1.165, 1.54) is 0 Å². The van der Waals surface area contributed by atoms with Crippen LogP contribution in [0.1, 0.15) is 5.56 Å². The summed E-state index contributed by atoms with van der Waals surface area (Å²) in [7, 11) is 0. The molecule has 0 unspecified atom stereocenters. The fourth-order valence-corrected chi connectivity index (χ4v) is 1.84. The van der Waals surface area contributed by atoms with Crippen molar-refractivity contribution in [2.24, 2.45) is 0 Å². The van der Waals surface area contributed by atoms with Crippen LogP contribution in [0.15, 0.2) is 54.6 Å². The summed E-state index contributed by atoms with van der Waals surface area (Å²) < 4.78 is 1.64. The molecule has 3 rings (SSSR count). The van der Waals surface area contributed by atoms with Gasteiger partial charge < -0.3 is 10.4 Å². The topological polar surface area (TPSA) is 75.9 Å². The molecule has 0 fully saturated rings. The third-order valence-corrected chi connectivity index (χ3v) is 2.86. The average molecular weight is 267 g/mol. The van der Waals surface area contributed by atoms with Gasteiger partial charge in [-0.1, -0.05) is 35.4 Å². The van der Waals surface area contributed by atoms with Gasteiger partial charge in [-0.2, -0.15) is 4.68 Å². The summed E-state index contributed by atoms with van der Waals surface area (Å²) in [4.78, 5) is 0. The Morgan fingerprint density at radius 1 is 1.00 bits per heavy atom. The van der Waals surface area contributed by atoms with Crippen molar-refractivity contribution in [3.63, 3.8) is 0 Å². The van der Waals surface area contributed by atoms with Crippen molar-refractivity contribution >= 4 is 5.95 Å². The van der Waals surface area contributed by atoms with Crippen molar-refractivity contribution < 1.29 is 5.11 Å². The molecule has 0 bridgehead atoms. The number of aromatic hydroxyl groups is 1. The summed E-state index contributed by atoms with van der Waals surface area (Å²) >= 11 is 0. The molecular weight excluding hydrogens is 254 g/mol. The van der Waals surface area contributed by atoms with Crippen LogP contribution in [-0.2, 0) is 6.54 Å². The number of benzene rings is 2. The maximum Gasteiger partial charge on any atom is 0.248 e. The third-order valence-electron chi connectivity index (χ3n) is 2.86.